The van der Waals surface area contributed by atoms with E-state index >= 15 is 0 Å². The summed E-state index contributed by atoms with van der Waals surface area (Å²) in [5.41, 5.74) is 0. The van der Waals surface area contributed by atoms with Gasteiger partial charge in [-0.3, -0.25) is 0 Å². The minimum Gasteiger partial charge on any atom is -0.463 e. The van der Waals surface area contributed by atoms with Gasteiger partial charge in [0.1, 0.15) is 5.76 Å². The topological polar surface area (TPSA) is 55.8 Å². The van der Waals surface area contributed by atoms with Crippen LogP contribution < -0.4 is 0 Å². The molecule has 0 radical (unpaired) electrons. The summed E-state index contributed by atoms with van der Waals surface area (Å²) in [7, 11) is 3.16. The van der Waals surface area contributed by atoms with E-state index in [2.05, 4.69) is 0 Å². The highest BCUT2D eigenvalue weighted by atomic mass is 16.6. The summed E-state index contributed by atoms with van der Waals surface area (Å²) in [6.45, 7) is 3.95. The predicted molar refractivity (Wildman–Crippen MR) is 59.8 cm³/mol. The molecule has 5 nitrogen and oxygen atoms in total. The molecule has 0 aliphatic heterocycles. The molecule has 1 amide bonds. The van der Waals surface area contributed by atoms with Gasteiger partial charge in [-0.25, -0.2) is 9.59 Å². The van der Waals surface area contributed by atoms with Crippen molar-refractivity contribution >= 4 is 12.1 Å². The van der Waals surface area contributed by atoms with E-state index in [1.807, 2.05) is 6.92 Å². The van der Waals surface area contributed by atoms with E-state index in [1.165, 1.54) is 11.0 Å². The van der Waals surface area contributed by atoms with Crippen LogP contribution in [0.1, 0.15) is 26.7 Å². The summed E-state index contributed by atoms with van der Waals surface area (Å²) in [6.07, 6.45) is 2.03. The maximum Gasteiger partial charge on any atom is 0.414 e. The van der Waals surface area contributed by atoms with Crippen LogP contribution in [0.25, 0.3) is 0 Å². The van der Waals surface area contributed by atoms with E-state index in [4.69, 9.17) is 9.47 Å². The first-order chi connectivity index (χ1) is 7.51. The van der Waals surface area contributed by atoms with Gasteiger partial charge >= 0.3 is 12.1 Å². The Kier molecular flexibility index (Phi) is 7.00. The summed E-state index contributed by atoms with van der Waals surface area (Å²) in [6, 6.07) is 0. The van der Waals surface area contributed by atoms with Crippen molar-refractivity contribution in [2.45, 2.75) is 26.7 Å². The van der Waals surface area contributed by atoms with Crippen LogP contribution in [0.4, 0.5) is 4.79 Å². The summed E-state index contributed by atoms with van der Waals surface area (Å²) in [4.78, 5) is 23.8. The molecule has 0 aliphatic carbocycles. The fourth-order valence-electron chi connectivity index (χ4n) is 0.918. The SMILES string of the molecule is CCC/C(=C\C(=O)OCC)OC(=O)N(C)C. The molecular formula is C11H19NO4. The van der Waals surface area contributed by atoms with Crippen LogP contribution in [0.2, 0.25) is 0 Å². The van der Waals surface area contributed by atoms with Crippen LogP contribution >= 0.6 is 0 Å². The summed E-state index contributed by atoms with van der Waals surface area (Å²) < 4.78 is 9.76. The zero-order valence-electron chi connectivity index (χ0n) is 10.3. The molecule has 0 bridgehead atoms. The largest absolute Gasteiger partial charge is 0.463 e. The lowest BCUT2D eigenvalue weighted by Gasteiger charge is -2.12. The van der Waals surface area contributed by atoms with Crippen molar-refractivity contribution in [2.75, 3.05) is 20.7 Å². The fraction of sp³-hybridized carbons (Fsp3) is 0.636. The minimum absolute atomic E-state index is 0.302. The first kappa shape index (κ1) is 14.5. The molecule has 0 N–H and O–H groups in total. The number of hydrogen-bond acceptors (Lipinski definition) is 4. The molecule has 0 fully saturated rings. The molecule has 0 aromatic rings. The number of carbonyl (C=O) groups is 2. The van der Waals surface area contributed by atoms with Crippen LogP contribution in [0.5, 0.6) is 0 Å². The molecular weight excluding hydrogens is 210 g/mol. The van der Waals surface area contributed by atoms with Crippen molar-refractivity contribution in [3.8, 4) is 0 Å². The highest BCUT2D eigenvalue weighted by Gasteiger charge is 2.10. The Hall–Kier alpha value is -1.52. The third kappa shape index (κ3) is 6.06. The first-order valence-electron chi connectivity index (χ1n) is 5.27. The van der Waals surface area contributed by atoms with Gasteiger partial charge in [0.2, 0.25) is 0 Å². The van der Waals surface area contributed by atoms with Crippen molar-refractivity contribution in [2.24, 2.45) is 0 Å². The standard InChI is InChI=1S/C11H19NO4/c1-5-7-9(8-10(13)15-6-2)16-11(14)12(3)4/h8H,5-7H2,1-4H3/b9-8+. The molecule has 0 unspecified atom stereocenters. The zero-order chi connectivity index (χ0) is 12.6. The lowest BCUT2D eigenvalue weighted by molar-refractivity contribution is -0.137. The Labute approximate surface area is 96.0 Å². The maximum atomic E-state index is 11.3. The fourth-order valence-corrected chi connectivity index (χ4v) is 0.918. The van der Waals surface area contributed by atoms with Gasteiger partial charge in [0.15, 0.2) is 0 Å². The van der Waals surface area contributed by atoms with Crippen LogP contribution in [-0.2, 0) is 14.3 Å². The Balaban J connectivity index is 4.47. The zero-order valence-corrected chi connectivity index (χ0v) is 10.3. The third-order valence-electron chi connectivity index (χ3n) is 1.65. The normalized spacial score (nSPS) is 10.9. The molecule has 0 aliphatic rings. The molecule has 0 aromatic carbocycles. The Morgan fingerprint density at radius 2 is 1.88 bits per heavy atom. The molecule has 0 spiro atoms. The van der Waals surface area contributed by atoms with E-state index < -0.39 is 12.1 Å². The van der Waals surface area contributed by atoms with Gasteiger partial charge in [-0.05, 0) is 13.3 Å². The van der Waals surface area contributed by atoms with Crippen molar-refractivity contribution in [3.05, 3.63) is 11.8 Å². The van der Waals surface area contributed by atoms with Gasteiger partial charge < -0.3 is 14.4 Å². The molecule has 92 valence electrons. The summed E-state index contributed by atoms with van der Waals surface area (Å²) >= 11 is 0. The Morgan fingerprint density at radius 3 is 2.31 bits per heavy atom. The van der Waals surface area contributed by atoms with E-state index in [9.17, 15) is 9.59 Å². The van der Waals surface area contributed by atoms with Gasteiger partial charge in [0.05, 0.1) is 12.7 Å². The smallest absolute Gasteiger partial charge is 0.414 e. The quantitative estimate of drug-likeness (QED) is 0.410. The van der Waals surface area contributed by atoms with E-state index in [0.29, 0.717) is 18.8 Å². The predicted octanol–water partition coefficient (Wildman–Crippen LogP) is 1.93. The lowest BCUT2D eigenvalue weighted by Crippen LogP contribution is -2.22. The number of amides is 1. The second-order valence-corrected chi connectivity index (χ2v) is 3.38. The monoisotopic (exact) mass is 229 g/mol. The summed E-state index contributed by atoms with van der Waals surface area (Å²) in [5.74, 6) is -0.155. The third-order valence-corrected chi connectivity index (χ3v) is 1.65. The van der Waals surface area contributed by atoms with Crippen molar-refractivity contribution in [3.63, 3.8) is 0 Å². The Bertz CT molecular complexity index is 271. The van der Waals surface area contributed by atoms with E-state index in [0.717, 1.165) is 6.42 Å². The second-order valence-electron chi connectivity index (χ2n) is 3.38. The van der Waals surface area contributed by atoms with Crippen LogP contribution in [0, 0.1) is 0 Å². The molecule has 16 heavy (non-hydrogen) atoms. The van der Waals surface area contributed by atoms with Gasteiger partial charge in [-0.1, -0.05) is 6.92 Å². The van der Waals surface area contributed by atoms with Crippen LogP contribution in [0.3, 0.4) is 0 Å². The van der Waals surface area contributed by atoms with Gasteiger partial charge in [-0.15, -0.1) is 0 Å². The second kappa shape index (κ2) is 7.73. The number of nitrogens with zero attached hydrogens (tertiary/aromatic N) is 1. The average molecular weight is 229 g/mol. The average Bonchev–Trinajstić information content (AvgIpc) is 2.17. The van der Waals surface area contributed by atoms with E-state index in [-0.39, 0.29) is 0 Å². The van der Waals surface area contributed by atoms with Crippen LogP contribution in [0.15, 0.2) is 11.8 Å². The number of esters is 1. The molecule has 0 atom stereocenters. The molecule has 0 rings (SSSR count). The Morgan fingerprint density at radius 1 is 1.25 bits per heavy atom. The number of rotatable bonds is 5. The molecule has 0 heterocycles. The van der Waals surface area contributed by atoms with E-state index in [1.54, 1.807) is 21.0 Å². The highest BCUT2D eigenvalue weighted by Crippen LogP contribution is 2.08. The highest BCUT2D eigenvalue weighted by molar-refractivity contribution is 5.83. The maximum absolute atomic E-state index is 11.3. The lowest BCUT2D eigenvalue weighted by atomic mass is 10.3. The van der Waals surface area contributed by atoms with Crippen molar-refractivity contribution in [1.82, 2.24) is 4.90 Å². The van der Waals surface area contributed by atoms with Gasteiger partial charge in [-0.2, -0.15) is 0 Å². The molecule has 0 saturated carbocycles. The van der Waals surface area contributed by atoms with Crippen molar-refractivity contribution < 1.29 is 19.1 Å². The first-order valence-corrected chi connectivity index (χ1v) is 5.27. The van der Waals surface area contributed by atoms with Crippen LogP contribution in [-0.4, -0.2) is 37.7 Å². The minimum atomic E-state index is -0.496. The molecule has 0 aromatic heterocycles. The van der Waals surface area contributed by atoms with Gasteiger partial charge in [0, 0.05) is 20.5 Å². The number of allylic oxidation sites excluding steroid dienone is 1. The van der Waals surface area contributed by atoms with Gasteiger partial charge in [0.25, 0.3) is 0 Å². The van der Waals surface area contributed by atoms with Crippen molar-refractivity contribution in [1.29, 1.82) is 0 Å². The number of hydrogen-bond donors (Lipinski definition) is 0. The number of carbonyl (C=O) groups excluding carboxylic acids is 2. The number of ether oxygens (including phenoxy) is 2. The molecule has 0 saturated heterocycles. The molecule has 5 heteroatoms. The summed E-state index contributed by atoms with van der Waals surface area (Å²) in [5, 5.41) is 0.